The Hall–Kier alpha value is -2.66. The van der Waals surface area contributed by atoms with Gasteiger partial charge < -0.3 is 14.5 Å². The summed E-state index contributed by atoms with van der Waals surface area (Å²) in [5.74, 6) is -1.46. The van der Waals surface area contributed by atoms with E-state index in [0.717, 1.165) is 25.0 Å². The third-order valence-corrected chi connectivity index (χ3v) is 6.88. The predicted octanol–water partition coefficient (Wildman–Crippen LogP) is 4.55. The highest BCUT2D eigenvalue weighted by Gasteiger charge is 2.39. The number of benzene rings is 1. The number of alkyl halides is 3. The first kappa shape index (κ1) is 25.4. The molecule has 0 bridgehead atoms. The summed E-state index contributed by atoms with van der Waals surface area (Å²) in [5.41, 5.74) is -1.57. The van der Waals surface area contributed by atoms with Gasteiger partial charge in [0.15, 0.2) is 6.23 Å². The second-order valence-electron chi connectivity index (χ2n) is 8.84. The van der Waals surface area contributed by atoms with Gasteiger partial charge in [0.05, 0.1) is 30.0 Å². The van der Waals surface area contributed by atoms with Crippen LogP contribution in [0.3, 0.4) is 0 Å². The van der Waals surface area contributed by atoms with Gasteiger partial charge in [0.25, 0.3) is 5.56 Å². The maximum absolute atomic E-state index is 13.5. The fourth-order valence-corrected chi connectivity index (χ4v) is 4.88. The van der Waals surface area contributed by atoms with E-state index in [4.69, 9.17) is 16.3 Å². The summed E-state index contributed by atoms with van der Waals surface area (Å²) < 4.78 is 60.9. The molecule has 0 N–H and O–H groups in total. The van der Waals surface area contributed by atoms with Gasteiger partial charge in [-0.3, -0.25) is 9.59 Å². The molecule has 0 spiro atoms. The summed E-state index contributed by atoms with van der Waals surface area (Å²) in [6, 6.07) is 1.11. The number of halogens is 5. The van der Waals surface area contributed by atoms with Gasteiger partial charge in [-0.15, -0.1) is 0 Å². The Bertz CT molecular complexity index is 1170. The Balaban J connectivity index is 1.58. The molecular weight excluding hydrogens is 492 g/mol. The first-order valence-electron chi connectivity index (χ1n) is 11.3. The van der Waals surface area contributed by atoms with Crippen LogP contribution in [0.4, 0.5) is 23.2 Å². The molecular formula is C23H25ClF4N4O3. The molecule has 2 unspecified atom stereocenters. The molecule has 1 aromatic carbocycles. The molecule has 7 nitrogen and oxygen atoms in total. The van der Waals surface area contributed by atoms with E-state index in [1.807, 2.05) is 0 Å². The van der Waals surface area contributed by atoms with E-state index in [2.05, 4.69) is 5.10 Å². The van der Waals surface area contributed by atoms with E-state index >= 15 is 0 Å². The first-order chi connectivity index (χ1) is 16.5. The van der Waals surface area contributed by atoms with E-state index in [1.165, 1.54) is 22.7 Å². The van der Waals surface area contributed by atoms with Gasteiger partial charge in [-0.05, 0) is 50.8 Å². The molecule has 3 heterocycles. The number of hydrogen-bond acceptors (Lipinski definition) is 5. The summed E-state index contributed by atoms with van der Waals surface area (Å²) in [7, 11) is 0. The molecule has 1 amide bonds. The van der Waals surface area contributed by atoms with Gasteiger partial charge in [-0.1, -0.05) is 17.7 Å². The maximum atomic E-state index is 13.5. The lowest BCUT2D eigenvalue weighted by Gasteiger charge is -2.43. The minimum Gasteiger partial charge on any atom is -0.356 e. The van der Waals surface area contributed by atoms with Crippen LogP contribution in [-0.4, -0.2) is 46.3 Å². The summed E-state index contributed by atoms with van der Waals surface area (Å²) >= 11 is 6.39. The largest absolute Gasteiger partial charge is 0.416 e. The Morgan fingerprint density at radius 1 is 1.23 bits per heavy atom. The smallest absolute Gasteiger partial charge is 0.356 e. The number of hydrogen-bond donors (Lipinski definition) is 0. The van der Waals surface area contributed by atoms with Crippen molar-refractivity contribution in [2.24, 2.45) is 0 Å². The number of aromatic nitrogens is 2. The summed E-state index contributed by atoms with van der Waals surface area (Å²) in [6.45, 7) is 3.63. The van der Waals surface area contributed by atoms with Crippen LogP contribution in [-0.2, 0) is 15.7 Å². The highest BCUT2D eigenvalue weighted by atomic mass is 35.5. The summed E-state index contributed by atoms with van der Waals surface area (Å²) in [5, 5.41) is 4.11. The minimum atomic E-state index is -4.77. The fraction of sp³-hybridized carbons (Fsp3) is 0.522. The van der Waals surface area contributed by atoms with E-state index in [1.54, 1.807) is 11.8 Å². The van der Waals surface area contributed by atoms with Crippen LogP contribution in [0, 0.1) is 5.82 Å². The highest BCUT2D eigenvalue weighted by Crippen LogP contribution is 2.38. The van der Waals surface area contributed by atoms with Crippen molar-refractivity contribution in [2.45, 2.75) is 57.6 Å². The lowest BCUT2D eigenvalue weighted by molar-refractivity contribution is -0.141. The number of ether oxygens (including phenoxy) is 1. The monoisotopic (exact) mass is 516 g/mol. The molecule has 1 aromatic heterocycles. The number of carbonyl (C=O) groups is 1. The fourth-order valence-electron chi connectivity index (χ4n) is 4.64. The summed E-state index contributed by atoms with van der Waals surface area (Å²) in [6.07, 6.45) is -1.43. The van der Waals surface area contributed by atoms with Crippen molar-refractivity contribution >= 4 is 23.2 Å². The Morgan fingerprint density at radius 3 is 2.63 bits per heavy atom. The van der Waals surface area contributed by atoms with E-state index < -0.39 is 41.3 Å². The molecule has 4 rings (SSSR count). The van der Waals surface area contributed by atoms with Crippen molar-refractivity contribution in [3.63, 3.8) is 0 Å². The Morgan fingerprint density at radius 2 is 1.97 bits per heavy atom. The molecule has 3 atom stereocenters. The topological polar surface area (TPSA) is 67.7 Å². The lowest BCUT2D eigenvalue weighted by Crippen LogP contribution is -2.56. The third-order valence-electron chi connectivity index (χ3n) is 6.52. The molecule has 0 radical (unpaired) electrons. The van der Waals surface area contributed by atoms with E-state index in [0.29, 0.717) is 19.1 Å². The zero-order valence-corrected chi connectivity index (χ0v) is 19.9. The second kappa shape index (κ2) is 9.77. The van der Waals surface area contributed by atoms with Gasteiger partial charge in [0.1, 0.15) is 10.8 Å². The number of piperazine rings is 1. The van der Waals surface area contributed by atoms with Gasteiger partial charge in [-0.25, -0.2) is 4.39 Å². The average molecular weight is 517 g/mol. The molecule has 0 aliphatic carbocycles. The van der Waals surface area contributed by atoms with Crippen LogP contribution in [0.5, 0.6) is 0 Å². The van der Waals surface area contributed by atoms with Crippen LogP contribution in [0.25, 0.3) is 0 Å². The van der Waals surface area contributed by atoms with E-state index in [-0.39, 0.29) is 35.4 Å². The zero-order valence-electron chi connectivity index (χ0n) is 19.2. The average Bonchev–Trinajstić information content (AvgIpc) is 2.82. The predicted molar refractivity (Wildman–Crippen MR) is 121 cm³/mol. The molecule has 2 aliphatic rings. The minimum absolute atomic E-state index is 0.0693. The number of rotatable bonds is 4. The Labute approximate surface area is 204 Å². The van der Waals surface area contributed by atoms with Gasteiger partial charge >= 0.3 is 6.18 Å². The van der Waals surface area contributed by atoms with Crippen LogP contribution >= 0.6 is 11.6 Å². The van der Waals surface area contributed by atoms with E-state index in [9.17, 15) is 27.2 Å². The van der Waals surface area contributed by atoms with Crippen LogP contribution in [0.15, 0.2) is 29.2 Å². The van der Waals surface area contributed by atoms with Crippen molar-refractivity contribution < 1.29 is 27.1 Å². The molecule has 2 aliphatic heterocycles. The SMILES string of the molecule is CC(c1ccc(F)cc1C(F)(F)F)N1C[C@@H](C)N(c2cnn(C3CCCCO3)c(=O)c2Cl)CC1=O. The molecule has 2 saturated heterocycles. The van der Waals surface area contributed by atoms with Crippen molar-refractivity contribution in [1.29, 1.82) is 0 Å². The van der Waals surface area contributed by atoms with Gasteiger partial charge in [0, 0.05) is 19.2 Å². The molecule has 12 heteroatoms. The molecule has 0 saturated carbocycles. The number of carbonyl (C=O) groups excluding carboxylic acids is 1. The highest BCUT2D eigenvalue weighted by molar-refractivity contribution is 6.33. The lowest BCUT2D eigenvalue weighted by atomic mass is 9.98. The van der Waals surface area contributed by atoms with Crippen molar-refractivity contribution in [3.05, 3.63) is 56.7 Å². The standard InChI is InChI=1S/C23H25ClF4N4O3/c1-13-11-31(14(2)16-7-6-15(25)9-17(16)23(26,27)28)19(33)12-30(13)18-10-29-32(22(34)21(18)24)20-5-3-4-8-35-20/h6-7,9-10,13-14,20H,3-5,8,11-12H2,1-2H3/t13-,14?,20?/m1/s1. The molecule has 35 heavy (non-hydrogen) atoms. The molecule has 2 aromatic rings. The van der Waals surface area contributed by atoms with Crippen molar-refractivity contribution in [1.82, 2.24) is 14.7 Å². The first-order valence-corrected chi connectivity index (χ1v) is 11.7. The van der Waals surface area contributed by atoms with Crippen LogP contribution in [0.1, 0.15) is 56.5 Å². The summed E-state index contributed by atoms with van der Waals surface area (Å²) in [4.78, 5) is 28.8. The van der Waals surface area contributed by atoms with Gasteiger partial charge in [-0.2, -0.15) is 23.0 Å². The third kappa shape index (κ3) is 5.02. The number of anilines is 1. The molecule has 2 fully saturated rings. The normalized spacial score (nSPS) is 22.4. The number of amides is 1. The number of nitrogens with zero attached hydrogens (tertiary/aromatic N) is 4. The second-order valence-corrected chi connectivity index (χ2v) is 9.22. The quantitative estimate of drug-likeness (QED) is 0.558. The zero-order chi connectivity index (χ0) is 25.5. The van der Waals surface area contributed by atoms with Crippen molar-refractivity contribution in [3.8, 4) is 0 Å². The maximum Gasteiger partial charge on any atom is 0.416 e. The van der Waals surface area contributed by atoms with Gasteiger partial charge in [0.2, 0.25) is 5.91 Å². The Kier molecular flexibility index (Phi) is 7.10. The van der Waals surface area contributed by atoms with Crippen LogP contribution in [0.2, 0.25) is 5.02 Å². The van der Waals surface area contributed by atoms with Crippen molar-refractivity contribution in [2.75, 3.05) is 24.6 Å². The molecule has 190 valence electrons. The van der Waals surface area contributed by atoms with Crippen LogP contribution < -0.4 is 10.5 Å².